The normalized spacial score (nSPS) is 14.0. The predicted molar refractivity (Wildman–Crippen MR) is 83.3 cm³/mol. The van der Waals surface area contributed by atoms with E-state index in [2.05, 4.69) is 5.32 Å². The molecule has 0 fully saturated rings. The quantitative estimate of drug-likeness (QED) is 0.810. The van der Waals surface area contributed by atoms with Crippen molar-refractivity contribution in [3.63, 3.8) is 0 Å². The zero-order chi connectivity index (χ0) is 16.3. The fourth-order valence-corrected chi connectivity index (χ4v) is 2.34. The van der Waals surface area contributed by atoms with Crippen LogP contribution in [-0.2, 0) is 14.4 Å². The number of nitrogens with zero attached hydrogens (tertiary/aromatic N) is 2. The van der Waals surface area contributed by atoms with Crippen LogP contribution in [0.25, 0.3) is 0 Å². The fraction of sp³-hybridized carbons (Fsp3) is 0.400. The average molecular weight is 304 g/mol. The first-order valence-corrected chi connectivity index (χ1v) is 7.10. The summed E-state index contributed by atoms with van der Waals surface area (Å²) in [4.78, 5) is 38.5. The second-order valence-electron chi connectivity index (χ2n) is 5.51. The summed E-state index contributed by atoms with van der Waals surface area (Å²) in [5.41, 5.74) is 6.49. The zero-order valence-corrected chi connectivity index (χ0v) is 12.7. The van der Waals surface area contributed by atoms with Gasteiger partial charge in [-0.3, -0.25) is 24.2 Å². The van der Waals surface area contributed by atoms with Crippen molar-refractivity contribution in [2.45, 2.75) is 19.9 Å². The highest BCUT2D eigenvalue weighted by Gasteiger charge is 2.28. The van der Waals surface area contributed by atoms with Gasteiger partial charge in [-0.2, -0.15) is 0 Å². The third-order valence-electron chi connectivity index (χ3n) is 3.50. The largest absolute Gasteiger partial charge is 0.369 e. The van der Waals surface area contributed by atoms with Gasteiger partial charge in [-0.25, -0.2) is 0 Å². The van der Waals surface area contributed by atoms with E-state index in [0.717, 1.165) is 0 Å². The van der Waals surface area contributed by atoms with Crippen LogP contribution in [0.2, 0.25) is 0 Å². The van der Waals surface area contributed by atoms with Gasteiger partial charge in [-0.05, 0) is 26.0 Å². The van der Waals surface area contributed by atoms with Crippen LogP contribution in [0.5, 0.6) is 0 Å². The lowest BCUT2D eigenvalue weighted by atomic mass is 10.2. The number of nitrogens with one attached hydrogen (secondary N) is 1. The molecule has 1 aliphatic heterocycles. The number of rotatable bonds is 5. The van der Waals surface area contributed by atoms with Crippen molar-refractivity contribution in [2.75, 3.05) is 29.9 Å². The molecule has 0 radical (unpaired) electrons. The van der Waals surface area contributed by atoms with Crippen molar-refractivity contribution in [2.24, 2.45) is 5.73 Å². The van der Waals surface area contributed by atoms with Crippen LogP contribution in [-0.4, -0.2) is 48.3 Å². The summed E-state index contributed by atoms with van der Waals surface area (Å²) in [5, 5.41) is 2.73. The lowest BCUT2D eigenvalue weighted by Gasteiger charge is -2.32. The van der Waals surface area contributed by atoms with Crippen molar-refractivity contribution in [1.29, 1.82) is 0 Å². The molecule has 0 unspecified atom stereocenters. The van der Waals surface area contributed by atoms with E-state index in [1.165, 1.54) is 4.90 Å². The molecule has 0 aliphatic carbocycles. The Morgan fingerprint density at radius 1 is 1.32 bits per heavy atom. The van der Waals surface area contributed by atoms with Crippen molar-refractivity contribution < 1.29 is 14.4 Å². The average Bonchev–Trinajstić information content (AvgIpc) is 2.44. The molecule has 118 valence electrons. The van der Waals surface area contributed by atoms with E-state index in [0.29, 0.717) is 11.4 Å². The number of para-hydroxylation sites is 2. The maximum Gasteiger partial charge on any atom is 0.244 e. The molecule has 2 rings (SSSR count). The minimum Gasteiger partial charge on any atom is -0.369 e. The summed E-state index contributed by atoms with van der Waals surface area (Å²) in [6.45, 7) is 3.77. The van der Waals surface area contributed by atoms with Crippen LogP contribution in [0, 0.1) is 0 Å². The SMILES string of the molecule is CC(C)N(CC(N)=O)CC(=O)N1CC(=O)Nc2ccccc21. The highest BCUT2D eigenvalue weighted by Crippen LogP contribution is 2.28. The summed E-state index contributed by atoms with van der Waals surface area (Å²) in [6, 6.07) is 7.11. The third kappa shape index (κ3) is 3.62. The van der Waals surface area contributed by atoms with E-state index in [1.54, 1.807) is 29.2 Å². The number of nitrogens with two attached hydrogens (primary N) is 1. The number of amides is 3. The molecule has 0 bridgehead atoms. The fourth-order valence-electron chi connectivity index (χ4n) is 2.34. The number of anilines is 2. The standard InChI is InChI=1S/C15H20N4O3/c1-10(2)18(7-13(16)20)9-15(22)19-8-14(21)17-11-5-3-4-6-12(11)19/h3-6,10H,7-9H2,1-2H3,(H2,16,20)(H,17,21). The predicted octanol–water partition coefficient (Wildman–Crippen LogP) is 0.167. The van der Waals surface area contributed by atoms with Gasteiger partial charge in [0.2, 0.25) is 17.7 Å². The van der Waals surface area contributed by atoms with E-state index >= 15 is 0 Å². The zero-order valence-electron chi connectivity index (χ0n) is 12.7. The lowest BCUT2D eigenvalue weighted by molar-refractivity contribution is -0.124. The highest BCUT2D eigenvalue weighted by molar-refractivity contribution is 6.10. The Balaban J connectivity index is 2.18. The smallest absolute Gasteiger partial charge is 0.244 e. The van der Waals surface area contributed by atoms with Gasteiger partial charge >= 0.3 is 0 Å². The summed E-state index contributed by atoms with van der Waals surface area (Å²) in [7, 11) is 0. The number of carbonyl (C=O) groups is 3. The Labute approximate surface area is 129 Å². The molecule has 0 spiro atoms. The monoisotopic (exact) mass is 304 g/mol. The van der Waals surface area contributed by atoms with E-state index in [1.807, 2.05) is 13.8 Å². The van der Waals surface area contributed by atoms with Gasteiger partial charge in [0.1, 0.15) is 6.54 Å². The van der Waals surface area contributed by atoms with Gasteiger partial charge in [-0.15, -0.1) is 0 Å². The first-order chi connectivity index (χ1) is 10.4. The van der Waals surface area contributed by atoms with Crippen LogP contribution in [0.4, 0.5) is 11.4 Å². The maximum absolute atomic E-state index is 12.6. The van der Waals surface area contributed by atoms with Crippen molar-refractivity contribution in [3.05, 3.63) is 24.3 Å². The van der Waals surface area contributed by atoms with Crippen molar-refractivity contribution in [3.8, 4) is 0 Å². The maximum atomic E-state index is 12.6. The molecular weight excluding hydrogens is 284 g/mol. The minimum absolute atomic E-state index is 0.00505. The first-order valence-electron chi connectivity index (χ1n) is 7.10. The Hall–Kier alpha value is -2.41. The van der Waals surface area contributed by atoms with Crippen LogP contribution < -0.4 is 16.0 Å². The van der Waals surface area contributed by atoms with Crippen LogP contribution in [0.1, 0.15) is 13.8 Å². The topological polar surface area (TPSA) is 95.7 Å². The molecule has 7 nitrogen and oxygen atoms in total. The van der Waals surface area contributed by atoms with E-state index in [4.69, 9.17) is 5.73 Å². The minimum atomic E-state index is -0.488. The van der Waals surface area contributed by atoms with E-state index in [-0.39, 0.29) is 37.5 Å². The van der Waals surface area contributed by atoms with Gasteiger partial charge in [0.15, 0.2) is 0 Å². The number of hydrogen-bond donors (Lipinski definition) is 2. The third-order valence-corrected chi connectivity index (χ3v) is 3.50. The molecule has 22 heavy (non-hydrogen) atoms. The molecular formula is C15H20N4O3. The molecule has 0 aromatic heterocycles. The summed E-state index contributed by atoms with van der Waals surface area (Å²) in [6.07, 6.45) is 0. The van der Waals surface area contributed by atoms with Crippen LogP contribution in [0.3, 0.4) is 0 Å². The van der Waals surface area contributed by atoms with Gasteiger partial charge < -0.3 is 11.1 Å². The van der Waals surface area contributed by atoms with Gasteiger partial charge in [0.05, 0.1) is 24.5 Å². The number of carbonyl (C=O) groups excluding carboxylic acids is 3. The second kappa shape index (κ2) is 6.57. The summed E-state index contributed by atoms with van der Waals surface area (Å²) >= 11 is 0. The van der Waals surface area contributed by atoms with Gasteiger partial charge in [0.25, 0.3) is 0 Å². The summed E-state index contributed by atoms with van der Waals surface area (Å²) in [5.74, 6) is -0.964. The molecule has 1 heterocycles. The molecule has 7 heteroatoms. The Morgan fingerprint density at radius 2 is 2.00 bits per heavy atom. The molecule has 1 aromatic carbocycles. The summed E-state index contributed by atoms with van der Waals surface area (Å²) < 4.78 is 0. The number of hydrogen-bond acceptors (Lipinski definition) is 4. The van der Waals surface area contributed by atoms with Gasteiger partial charge in [-0.1, -0.05) is 12.1 Å². The van der Waals surface area contributed by atoms with Crippen LogP contribution in [0.15, 0.2) is 24.3 Å². The van der Waals surface area contributed by atoms with E-state index < -0.39 is 5.91 Å². The highest BCUT2D eigenvalue weighted by atomic mass is 16.2. The number of fused-ring (bicyclic) bond motifs is 1. The Bertz CT molecular complexity index is 600. The van der Waals surface area contributed by atoms with Crippen molar-refractivity contribution >= 4 is 29.1 Å². The number of primary amides is 1. The molecule has 3 amide bonds. The van der Waals surface area contributed by atoms with Gasteiger partial charge in [0, 0.05) is 6.04 Å². The Kier molecular flexibility index (Phi) is 4.77. The molecule has 1 aromatic rings. The van der Waals surface area contributed by atoms with Crippen LogP contribution >= 0.6 is 0 Å². The Morgan fingerprint density at radius 3 is 2.64 bits per heavy atom. The van der Waals surface area contributed by atoms with E-state index in [9.17, 15) is 14.4 Å². The molecule has 0 saturated carbocycles. The molecule has 0 atom stereocenters. The molecule has 3 N–H and O–H groups in total. The second-order valence-corrected chi connectivity index (χ2v) is 5.51. The number of benzene rings is 1. The molecule has 1 aliphatic rings. The van der Waals surface area contributed by atoms with Crippen molar-refractivity contribution in [1.82, 2.24) is 4.90 Å². The first kappa shape index (κ1) is 16.0. The molecule has 0 saturated heterocycles. The lowest BCUT2D eigenvalue weighted by Crippen LogP contribution is -2.49.